The standard InChI is InChI=1S/C15H16O2/c1-9-4-10(2)6-12(5-9)13-8-14(16)11(3)7-15(13)17/h4-8,16-17H,1-3H3. The molecule has 0 heterocycles. The molecule has 88 valence electrons. The lowest BCUT2D eigenvalue weighted by Gasteiger charge is -2.09. The fourth-order valence-corrected chi connectivity index (χ4v) is 2.04. The Bertz CT molecular complexity index is 551. The van der Waals surface area contributed by atoms with Crippen molar-refractivity contribution in [1.82, 2.24) is 0 Å². The van der Waals surface area contributed by atoms with Gasteiger partial charge in [-0.25, -0.2) is 0 Å². The minimum Gasteiger partial charge on any atom is -0.508 e. The van der Waals surface area contributed by atoms with Gasteiger partial charge in [-0.2, -0.15) is 0 Å². The van der Waals surface area contributed by atoms with Crippen LogP contribution in [0.5, 0.6) is 11.5 Å². The fourth-order valence-electron chi connectivity index (χ4n) is 2.04. The Morgan fingerprint density at radius 2 is 1.29 bits per heavy atom. The summed E-state index contributed by atoms with van der Waals surface area (Å²) in [5.74, 6) is 0.405. The van der Waals surface area contributed by atoms with Crippen LogP contribution in [-0.2, 0) is 0 Å². The first-order valence-electron chi connectivity index (χ1n) is 5.58. The molecule has 0 bridgehead atoms. The van der Waals surface area contributed by atoms with Gasteiger partial charge < -0.3 is 10.2 Å². The van der Waals surface area contributed by atoms with Crippen molar-refractivity contribution in [3.63, 3.8) is 0 Å². The van der Waals surface area contributed by atoms with E-state index in [0.717, 1.165) is 16.7 Å². The molecule has 17 heavy (non-hydrogen) atoms. The molecule has 0 spiro atoms. The first-order chi connectivity index (χ1) is 7.97. The summed E-state index contributed by atoms with van der Waals surface area (Å²) < 4.78 is 0. The summed E-state index contributed by atoms with van der Waals surface area (Å²) in [7, 11) is 0. The van der Waals surface area contributed by atoms with Crippen LogP contribution in [0.4, 0.5) is 0 Å². The molecule has 0 fully saturated rings. The molecule has 0 unspecified atom stereocenters. The minimum atomic E-state index is 0.199. The van der Waals surface area contributed by atoms with Gasteiger partial charge in [0, 0.05) is 5.56 Å². The van der Waals surface area contributed by atoms with Gasteiger partial charge in [-0.3, -0.25) is 0 Å². The van der Waals surface area contributed by atoms with Gasteiger partial charge in [-0.15, -0.1) is 0 Å². The molecule has 2 N–H and O–H groups in total. The molecule has 2 nitrogen and oxygen atoms in total. The smallest absolute Gasteiger partial charge is 0.123 e. The van der Waals surface area contributed by atoms with E-state index in [9.17, 15) is 10.2 Å². The van der Waals surface area contributed by atoms with E-state index in [-0.39, 0.29) is 11.5 Å². The summed E-state index contributed by atoms with van der Waals surface area (Å²) in [6.07, 6.45) is 0. The van der Waals surface area contributed by atoms with Gasteiger partial charge >= 0.3 is 0 Å². The maximum Gasteiger partial charge on any atom is 0.123 e. The lowest BCUT2D eigenvalue weighted by molar-refractivity contribution is 0.458. The third-order valence-corrected chi connectivity index (χ3v) is 2.85. The van der Waals surface area contributed by atoms with Gasteiger partial charge in [-0.1, -0.05) is 29.3 Å². The monoisotopic (exact) mass is 228 g/mol. The lowest BCUT2D eigenvalue weighted by atomic mass is 9.98. The second kappa shape index (κ2) is 4.13. The van der Waals surface area contributed by atoms with Crippen molar-refractivity contribution < 1.29 is 10.2 Å². The zero-order valence-corrected chi connectivity index (χ0v) is 10.3. The molecule has 0 radical (unpaired) electrons. The molecule has 0 atom stereocenters. The molecule has 0 saturated heterocycles. The second-order valence-corrected chi connectivity index (χ2v) is 4.53. The van der Waals surface area contributed by atoms with Crippen LogP contribution >= 0.6 is 0 Å². The van der Waals surface area contributed by atoms with Crippen LogP contribution in [0.1, 0.15) is 16.7 Å². The van der Waals surface area contributed by atoms with Crippen LogP contribution in [0.3, 0.4) is 0 Å². The topological polar surface area (TPSA) is 40.5 Å². The van der Waals surface area contributed by atoms with Crippen molar-refractivity contribution in [3.05, 3.63) is 47.0 Å². The van der Waals surface area contributed by atoms with E-state index in [0.29, 0.717) is 11.1 Å². The number of aryl methyl sites for hydroxylation is 3. The van der Waals surface area contributed by atoms with Gasteiger partial charge in [0.2, 0.25) is 0 Å². The molecule has 2 rings (SSSR count). The largest absolute Gasteiger partial charge is 0.508 e. The molecule has 0 aliphatic rings. The molecule has 2 aromatic carbocycles. The van der Waals surface area contributed by atoms with E-state index in [1.54, 1.807) is 19.1 Å². The number of hydrogen-bond acceptors (Lipinski definition) is 2. The first-order valence-corrected chi connectivity index (χ1v) is 5.58. The predicted molar refractivity (Wildman–Crippen MR) is 69.4 cm³/mol. The Morgan fingerprint density at radius 3 is 1.88 bits per heavy atom. The summed E-state index contributed by atoms with van der Waals surface area (Å²) in [6, 6.07) is 9.27. The summed E-state index contributed by atoms with van der Waals surface area (Å²) in [5.41, 5.74) is 4.55. The number of benzene rings is 2. The van der Waals surface area contributed by atoms with Crippen LogP contribution in [0.2, 0.25) is 0 Å². The van der Waals surface area contributed by atoms with Crippen molar-refractivity contribution in [2.45, 2.75) is 20.8 Å². The Morgan fingerprint density at radius 1 is 0.706 bits per heavy atom. The van der Waals surface area contributed by atoms with E-state index in [1.165, 1.54) is 0 Å². The third-order valence-electron chi connectivity index (χ3n) is 2.85. The quantitative estimate of drug-likeness (QED) is 0.731. The predicted octanol–water partition coefficient (Wildman–Crippen LogP) is 3.69. The SMILES string of the molecule is Cc1cc(C)cc(-c2cc(O)c(C)cc2O)c1. The highest BCUT2D eigenvalue weighted by Crippen LogP contribution is 2.35. The lowest BCUT2D eigenvalue weighted by Crippen LogP contribution is -1.85. The molecular weight excluding hydrogens is 212 g/mol. The molecule has 0 aliphatic heterocycles. The molecular formula is C15H16O2. The maximum absolute atomic E-state index is 9.94. The average molecular weight is 228 g/mol. The van der Waals surface area contributed by atoms with Crippen molar-refractivity contribution in [3.8, 4) is 22.6 Å². The van der Waals surface area contributed by atoms with Gasteiger partial charge in [0.05, 0.1) is 0 Å². The molecule has 2 aromatic rings. The normalized spacial score (nSPS) is 10.5. The number of phenols is 2. The van der Waals surface area contributed by atoms with E-state index >= 15 is 0 Å². The van der Waals surface area contributed by atoms with Crippen LogP contribution in [0, 0.1) is 20.8 Å². The Balaban J connectivity index is 2.64. The summed E-state index contributed by atoms with van der Waals surface area (Å²) in [6.45, 7) is 5.80. The zero-order chi connectivity index (χ0) is 12.6. The third kappa shape index (κ3) is 2.26. The van der Waals surface area contributed by atoms with Crippen LogP contribution in [-0.4, -0.2) is 10.2 Å². The molecule has 0 aliphatic carbocycles. The second-order valence-electron chi connectivity index (χ2n) is 4.53. The number of aromatic hydroxyl groups is 2. The number of hydrogen-bond donors (Lipinski definition) is 2. The van der Waals surface area contributed by atoms with E-state index in [4.69, 9.17) is 0 Å². The summed E-state index contributed by atoms with van der Waals surface area (Å²) in [4.78, 5) is 0. The highest BCUT2D eigenvalue weighted by molar-refractivity contribution is 5.73. The minimum absolute atomic E-state index is 0.199. The average Bonchev–Trinajstić information content (AvgIpc) is 2.22. The van der Waals surface area contributed by atoms with Gasteiger partial charge in [0.15, 0.2) is 0 Å². The van der Waals surface area contributed by atoms with Crippen molar-refractivity contribution in [2.24, 2.45) is 0 Å². The van der Waals surface area contributed by atoms with Crippen LogP contribution < -0.4 is 0 Å². The fraction of sp³-hybridized carbons (Fsp3) is 0.200. The first kappa shape index (κ1) is 11.5. The number of phenolic OH excluding ortho intramolecular Hbond substituents is 2. The van der Waals surface area contributed by atoms with Crippen LogP contribution in [0.15, 0.2) is 30.3 Å². The molecule has 0 saturated carbocycles. The van der Waals surface area contributed by atoms with Gasteiger partial charge in [-0.05, 0) is 44.0 Å². The summed E-state index contributed by atoms with van der Waals surface area (Å²) in [5, 5.41) is 19.7. The van der Waals surface area contributed by atoms with E-state index < -0.39 is 0 Å². The molecule has 2 heteroatoms. The van der Waals surface area contributed by atoms with Crippen molar-refractivity contribution >= 4 is 0 Å². The zero-order valence-electron chi connectivity index (χ0n) is 10.3. The number of rotatable bonds is 1. The molecule has 0 aromatic heterocycles. The summed E-state index contributed by atoms with van der Waals surface area (Å²) >= 11 is 0. The maximum atomic E-state index is 9.94. The Hall–Kier alpha value is -1.96. The highest BCUT2D eigenvalue weighted by atomic mass is 16.3. The van der Waals surface area contributed by atoms with E-state index in [2.05, 4.69) is 6.07 Å². The van der Waals surface area contributed by atoms with Crippen molar-refractivity contribution in [2.75, 3.05) is 0 Å². The van der Waals surface area contributed by atoms with E-state index in [1.807, 2.05) is 26.0 Å². The highest BCUT2D eigenvalue weighted by Gasteiger charge is 2.08. The Labute approximate surface area is 101 Å². The van der Waals surface area contributed by atoms with Crippen LogP contribution in [0.25, 0.3) is 11.1 Å². The van der Waals surface area contributed by atoms with Gasteiger partial charge in [0.1, 0.15) is 11.5 Å². The van der Waals surface area contributed by atoms with Crippen molar-refractivity contribution in [1.29, 1.82) is 0 Å². The van der Waals surface area contributed by atoms with Gasteiger partial charge in [0.25, 0.3) is 0 Å². The Kier molecular flexibility index (Phi) is 2.80. The molecule has 0 amide bonds.